The van der Waals surface area contributed by atoms with Crippen LogP contribution < -0.4 is 9.62 Å². The van der Waals surface area contributed by atoms with Gasteiger partial charge in [0, 0.05) is 27.7 Å². The third-order valence-corrected chi connectivity index (χ3v) is 10.4. The summed E-state index contributed by atoms with van der Waals surface area (Å²) in [6.07, 6.45) is 4.16. The molecule has 0 spiro atoms. The van der Waals surface area contributed by atoms with Crippen LogP contribution in [0.4, 0.5) is 5.69 Å². The van der Waals surface area contributed by atoms with Gasteiger partial charge >= 0.3 is 0 Å². The normalized spacial score (nSPS) is 14.4. The van der Waals surface area contributed by atoms with Crippen molar-refractivity contribution in [2.45, 2.75) is 76.4 Å². The summed E-state index contributed by atoms with van der Waals surface area (Å²) < 4.78 is 29.3. The third-order valence-electron chi connectivity index (χ3n) is 7.77. The molecule has 0 aliphatic heterocycles. The van der Waals surface area contributed by atoms with Crippen LogP contribution in [0.3, 0.4) is 0 Å². The lowest BCUT2D eigenvalue weighted by molar-refractivity contribution is -0.140. The summed E-state index contributed by atoms with van der Waals surface area (Å²) in [4.78, 5) is 29.4. The van der Waals surface area contributed by atoms with Crippen molar-refractivity contribution in [2.75, 3.05) is 10.8 Å². The Balaban J connectivity index is 1.76. The van der Waals surface area contributed by atoms with E-state index in [2.05, 4.69) is 5.32 Å². The largest absolute Gasteiger partial charge is 0.352 e. The summed E-state index contributed by atoms with van der Waals surface area (Å²) in [5.41, 5.74) is 2.37. The number of amides is 2. The van der Waals surface area contributed by atoms with Crippen LogP contribution in [0.25, 0.3) is 0 Å². The van der Waals surface area contributed by atoms with Gasteiger partial charge in [0.25, 0.3) is 10.0 Å². The quantitative estimate of drug-likeness (QED) is 0.233. The highest BCUT2D eigenvalue weighted by Crippen LogP contribution is 2.31. The van der Waals surface area contributed by atoms with Gasteiger partial charge in [0.2, 0.25) is 11.8 Å². The van der Waals surface area contributed by atoms with E-state index in [-0.39, 0.29) is 29.1 Å². The van der Waals surface area contributed by atoms with Crippen molar-refractivity contribution in [3.05, 3.63) is 92.4 Å². The molecule has 2 amide bonds. The molecule has 1 aliphatic rings. The molecule has 1 saturated carbocycles. The zero-order valence-electron chi connectivity index (χ0n) is 24.4. The average Bonchev–Trinajstić information content (AvgIpc) is 3.47. The van der Waals surface area contributed by atoms with Crippen LogP contribution in [0.2, 0.25) is 15.1 Å². The topological polar surface area (TPSA) is 86.8 Å². The van der Waals surface area contributed by atoms with Gasteiger partial charge in [-0.15, -0.1) is 0 Å². The maximum atomic E-state index is 14.3. The average molecular weight is 665 g/mol. The number of anilines is 1. The van der Waals surface area contributed by atoms with E-state index in [0.717, 1.165) is 35.6 Å². The molecule has 230 valence electrons. The summed E-state index contributed by atoms with van der Waals surface area (Å²) in [7, 11) is -4.21. The van der Waals surface area contributed by atoms with E-state index in [1.165, 1.54) is 23.1 Å². The highest BCUT2D eigenvalue weighted by atomic mass is 35.5. The fourth-order valence-electron chi connectivity index (χ4n) is 5.32. The molecule has 0 unspecified atom stereocenters. The first-order chi connectivity index (χ1) is 20.4. The van der Waals surface area contributed by atoms with Crippen LogP contribution in [0.15, 0.2) is 65.6 Å². The second-order valence-electron chi connectivity index (χ2n) is 10.9. The van der Waals surface area contributed by atoms with Crippen LogP contribution in [-0.2, 0) is 26.2 Å². The summed E-state index contributed by atoms with van der Waals surface area (Å²) in [6, 6.07) is 15.4. The van der Waals surface area contributed by atoms with Crippen molar-refractivity contribution in [1.82, 2.24) is 10.2 Å². The van der Waals surface area contributed by atoms with E-state index < -0.39 is 28.5 Å². The lowest BCUT2D eigenvalue weighted by Crippen LogP contribution is -2.53. The van der Waals surface area contributed by atoms with Gasteiger partial charge in [0.05, 0.1) is 10.6 Å². The van der Waals surface area contributed by atoms with Crippen LogP contribution >= 0.6 is 34.8 Å². The highest BCUT2D eigenvalue weighted by molar-refractivity contribution is 7.92. The van der Waals surface area contributed by atoms with E-state index in [0.29, 0.717) is 32.6 Å². The Bertz CT molecular complexity index is 1580. The summed E-state index contributed by atoms with van der Waals surface area (Å²) in [5.74, 6) is -0.839. The molecule has 4 rings (SSSR count). The Kier molecular flexibility index (Phi) is 11.0. The first-order valence-corrected chi connectivity index (χ1v) is 16.9. The second-order valence-corrected chi connectivity index (χ2v) is 14.1. The van der Waals surface area contributed by atoms with Gasteiger partial charge in [0.1, 0.15) is 12.6 Å². The van der Waals surface area contributed by atoms with Gasteiger partial charge in [0.15, 0.2) is 0 Å². The SMILES string of the molecule is CC[C@H](C(=O)NC1CCCC1)N(Cc1ccc(Cl)cc1Cl)C(=O)CN(c1cc(Cl)ccc1C)S(=O)(=O)c1ccc(C)cc1. The number of hydrogen-bond acceptors (Lipinski definition) is 4. The predicted octanol–water partition coefficient (Wildman–Crippen LogP) is 7.33. The zero-order valence-corrected chi connectivity index (χ0v) is 27.5. The molecule has 1 N–H and O–H groups in total. The van der Waals surface area contributed by atoms with Crippen molar-refractivity contribution in [1.29, 1.82) is 0 Å². The minimum Gasteiger partial charge on any atom is -0.352 e. The molecule has 7 nitrogen and oxygen atoms in total. The van der Waals surface area contributed by atoms with Crippen molar-refractivity contribution >= 4 is 62.3 Å². The third kappa shape index (κ3) is 8.04. The number of benzene rings is 3. The number of nitrogens with zero attached hydrogens (tertiary/aromatic N) is 2. The Labute approximate surface area is 269 Å². The molecule has 0 saturated heterocycles. The number of aryl methyl sites for hydroxylation is 2. The molecular formula is C32H36Cl3N3O4S. The van der Waals surface area contributed by atoms with Crippen LogP contribution in [0, 0.1) is 13.8 Å². The molecule has 43 heavy (non-hydrogen) atoms. The van der Waals surface area contributed by atoms with E-state index in [4.69, 9.17) is 34.8 Å². The van der Waals surface area contributed by atoms with Crippen LogP contribution in [-0.4, -0.2) is 43.8 Å². The fraction of sp³-hybridized carbons (Fsp3) is 0.375. The lowest BCUT2D eigenvalue weighted by Gasteiger charge is -2.34. The van der Waals surface area contributed by atoms with Gasteiger partial charge in [-0.3, -0.25) is 13.9 Å². The Hall–Kier alpha value is -2.78. The number of carbonyl (C=O) groups is 2. The molecule has 0 heterocycles. The molecule has 11 heteroatoms. The Morgan fingerprint density at radius 1 is 0.930 bits per heavy atom. The minimum atomic E-state index is -4.21. The summed E-state index contributed by atoms with van der Waals surface area (Å²) in [5, 5.41) is 4.20. The minimum absolute atomic E-state index is 0.0155. The molecular weight excluding hydrogens is 629 g/mol. The van der Waals surface area contributed by atoms with E-state index in [1.807, 2.05) is 13.8 Å². The van der Waals surface area contributed by atoms with E-state index >= 15 is 0 Å². The summed E-state index contributed by atoms with van der Waals surface area (Å²) in [6.45, 7) is 4.86. The predicted molar refractivity (Wildman–Crippen MR) is 173 cm³/mol. The molecule has 0 radical (unpaired) electrons. The van der Waals surface area contributed by atoms with Crippen LogP contribution in [0.1, 0.15) is 55.7 Å². The van der Waals surface area contributed by atoms with Gasteiger partial charge < -0.3 is 10.2 Å². The number of halogens is 3. The molecule has 1 atom stereocenters. The van der Waals surface area contributed by atoms with Gasteiger partial charge in [-0.1, -0.05) is 84.4 Å². The zero-order chi connectivity index (χ0) is 31.3. The molecule has 3 aromatic rings. The Morgan fingerprint density at radius 3 is 2.19 bits per heavy atom. The number of hydrogen-bond donors (Lipinski definition) is 1. The van der Waals surface area contributed by atoms with Crippen molar-refractivity contribution in [3.63, 3.8) is 0 Å². The fourth-order valence-corrected chi connectivity index (χ4v) is 7.43. The van der Waals surface area contributed by atoms with Crippen molar-refractivity contribution in [2.24, 2.45) is 0 Å². The molecule has 0 bridgehead atoms. The molecule has 0 aromatic heterocycles. The molecule has 3 aromatic carbocycles. The first kappa shape index (κ1) is 33.1. The number of nitrogens with one attached hydrogen (secondary N) is 1. The lowest BCUT2D eigenvalue weighted by atomic mass is 10.1. The smallest absolute Gasteiger partial charge is 0.264 e. The maximum absolute atomic E-state index is 14.3. The second kappa shape index (κ2) is 14.3. The van der Waals surface area contributed by atoms with Gasteiger partial charge in [-0.2, -0.15) is 0 Å². The number of rotatable bonds is 11. The van der Waals surface area contributed by atoms with Crippen molar-refractivity contribution < 1.29 is 18.0 Å². The van der Waals surface area contributed by atoms with Gasteiger partial charge in [-0.25, -0.2) is 8.42 Å². The van der Waals surface area contributed by atoms with Gasteiger partial charge in [-0.05, 0) is 80.6 Å². The highest BCUT2D eigenvalue weighted by Gasteiger charge is 2.35. The Morgan fingerprint density at radius 2 is 1.56 bits per heavy atom. The van der Waals surface area contributed by atoms with Crippen molar-refractivity contribution in [3.8, 4) is 0 Å². The number of carbonyl (C=O) groups excluding carboxylic acids is 2. The molecule has 1 aliphatic carbocycles. The summed E-state index contributed by atoms with van der Waals surface area (Å²) >= 11 is 18.9. The molecule has 1 fully saturated rings. The van der Waals surface area contributed by atoms with E-state index in [1.54, 1.807) is 49.4 Å². The number of sulfonamides is 1. The maximum Gasteiger partial charge on any atom is 0.264 e. The monoisotopic (exact) mass is 663 g/mol. The first-order valence-electron chi connectivity index (χ1n) is 14.3. The standard InChI is InChI=1S/C32H36Cl3N3O4S/c1-4-29(32(40)36-26-7-5-6-8-26)37(19-23-12-14-24(33)17-28(23)35)31(39)20-38(30-18-25(34)13-11-22(30)3)43(41,42)27-15-9-21(2)10-16-27/h9-18,26,29H,4-8,19-20H2,1-3H3,(H,36,40)/t29-/m1/s1. The van der Waals surface area contributed by atoms with E-state index in [9.17, 15) is 18.0 Å². The van der Waals surface area contributed by atoms with Crippen LogP contribution in [0.5, 0.6) is 0 Å².